The van der Waals surface area contributed by atoms with Crippen molar-refractivity contribution in [3.8, 4) is 0 Å². The van der Waals surface area contributed by atoms with Crippen LogP contribution in [0, 0.1) is 6.92 Å². The fourth-order valence-corrected chi connectivity index (χ4v) is 2.43. The summed E-state index contributed by atoms with van der Waals surface area (Å²) in [7, 11) is 0. The number of hydrogen-bond acceptors (Lipinski definition) is 5. The maximum Gasteiger partial charge on any atom is 0.405 e. The molecule has 1 atom stereocenters. The summed E-state index contributed by atoms with van der Waals surface area (Å²) < 4.78 is 41.3. The third-order valence-electron chi connectivity index (χ3n) is 3.83. The lowest BCUT2D eigenvalue weighted by Gasteiger charge is -2.37. The number of rotatable bonds is 4. The Morgan fingerprint density at radius 2 is 1.96 bits per heavy atom. The predicted molar refractivity (Wildman–Crippen MR) is 77.2 cm³/mol. The van der Waals surface area contributed by atoms with Crippen molar-refractivity contribution in [1.29, 1.82) is 0 Å². The molecule has 1 N–H and O–H groups in total. The first-order valence-corrected chi connectivity index (χ1v) is 7.48. The van der Waals surface area contributed by atoms with Gasteiger partial charge in [0.15, 0.2) is 0 Å². The number of nitrogens with one attached hydrogen (secondary N) is 1. The summed E-state index contributed by atoms with van der Waals surface area (Å²) >= 11 is 0. The Kier molecular flexibility index (Phi) is 5.47. The monoisotopic (exact) mass is 348 g/mol. The quantitative estimate of drug-likeness (QED) is 0.871. The fourth-order valence-electron chi connectivity index (χ4n) is 2.43. The van der Waals surface area contributed by atoms with Crippen LogP contribution in [0.1, 0.15) is 23.2 Å². The van der Waals surface area contributed by atoms with E-state index in [1.54, 1.807) is 29.7 Å². The molecular formula is C14H19F3N4O3. The number of carbonyl (C=O) groups is 2. The van der Waals surface area contributed by atoms with Crippen LogP contribution in [-0.4, -0.2) is 71.7 Å². The van der Waals surface area contributed by atoms with Gasteiger partial charge in [-0.15, -0.1) is 0 Å². The lowest BCUT2D eigenvalue weighted by molar-refractivity contribution is -0.141. The standard InChI is InChI=1S/C14H19F3N4O3/c1-9-7-11(24-19-9)13(23)21-5-3-20(4-6-21)10(2)12(22)18-8-14(15,16)17/h7,10H,3-6,8H2,1-2H3,(H,18,22)/t10-/m0/s1. The number of aromatic nitrogens is 1. The van der Waals surface area contributed by atoms with Gasteiger partial charge in [0.05, 0.1) is 11.7 Å². The molecule has 1 saturated heterocycles. The molecular weight excluding hydrogens is 329 g/mol. The number of hydrogen-bond donors (Lipinski definition) is 1. The predicted octanol–water partition coefficient (Wildman–Crippen LogP) is 0.808. The number of carbonyl (C=O) groups excluding carboxylic acids is 2. The first-order valence-electron chi connectivity index (χ1n) is 7.48. The Morgan fingerprint density at radius 1 is 1.33 bits per heavy atom. The van der Waals surface area contributed by atoms with Crippen LogP contribution in [0.5, 0.6) is 0 Å². The molecule has 0 radical (unpaired) electrons. The smallest absolute Gasteiger partial charge is 0.351 e. The zero-order chi connectivity index (χ0) is 17.9. The molecule has 0 saturated carbocycles. The van der Waals surface area contributed by atoms with Gasteiger partial charge in [0, 0.05) is 32.2 Å². The SMILES string of the molecule is Cc1cc(C(=O)N2CCN([C@@H](C)C(=O)NCC(F)(F)F)CC2)on1. The van der Waals surface area contributed by atoms with E-state index in [9.17, 15) is 22.8 Å². The average molecular weight is 348 g/mol. The van der Waals surface area contributed by atoms with Crippen molar-refractivity contribution < 1.29 is 27.3 Å². The van der Waals surface area contributed by atoms with Crippen molar-refractivity contribution in [2.45, 2.75) is 26.1 Å². The summed E-state index contributed by atoms with van der Waals surface area (Å²) in [6, 6.07) is 0.846. The van der Waals surface area contributed by atoms with Gasteiger partial charge in [-0.3, -0.25) is 14.5 Å². The second-order valence-corrected chi connectivity index (χ2v) is 5.67. The first kappa shape index (κ1) is 18.2. The van der Waals surface area contributed by atoms with Gasteiger partial charge >= 0.3 is 6.18 Å². The molecule has 7 nitrogen and oxygen atoms in total. The third kappa shape index (κ3) is 4.70. The maximum absolute atomic E-state index is 12.2. The molecule has 1 fully saturated rings. The Bertz CT molecular complexity index is 594. The largest absolute Gasteiger partial charge is 0.405 e. The van der Waals surface area contributed by atoms with Crippen LogP contribution in [0.15, 0.2) is 10.6 Å². The molecule has 0 aromatic carbocycles. The number of amides is 2. The van der Waals surface area contributed by atoms with Crippen LogP contribution in [0.4, 0.5) is 13.2 Å². The lowest BCUT2D eigenvalue weighted by atomic mass is 10.2. The second-order valence-electron chi connectivity index (χ2n) is 5.67. The molecule has 0 aliphatic carbocycles. The molecule has 0 bridgehead atoms. The summed E-state index contributed by atoms with van der Waals surface area (Å²) in [6.45, 7) is 3.39. The second kappa shape index (κ2) is 7.20. The molecule has 0 spiro atoms. The molecule has 2 amide bonds. The molecule has 1 aromatic heterocycles. The number of halogens is 3. The number of alkyl halides is 3. The van der Waals surface area contributed by atoms with E-state index in [0.717, 1.165) is 0 Å². The number of piperazine rings is 1. The van der Waals surface area contributed by atoms with E-state index < -0.39 is 24.7 Å². The summed E-state index contributed by atoms with van der Waals surface area (Å²) in [4.78, 5) is 27.3. The lowest BCUT2D eigenvalue weighted by Crippen LogP contribution is -2.55. The highest BCUT2D eigenvalue weighted by Gasteiger charge is 2.32. The van der Waals surface area contributed by atoms with Crippen LogP contribution in [0.3, 0.4) is 0 Å². The molecule has 2 heterocycles. The summed E-state index contributed by atoms with van der Waals surface area (Å²) in [5, 5.41) is 5.53. The van der Waals surface area contributed by atoms with E-state index in [1.165, 1.54) is 0 Å². The van der Waals surface area contributed by atoms with Crippen LogP contribution in [-0.2, 0) is 4.79 Å². The molecule has 1 aliphatic rings. The Hall–Kier alpha value is -2.10. The highest BCUT2D eigenvalue weighted by molar-refractivity contribution is 5.91. The Balaban J connectivity index is 1.83. The van der Waals surface area contributed by atoms with Crippen LogP contribution >= 0.6 is 0 Å². The maximum atomic E-state index is 12.2. The molecule has 1 aromatic rings. The van der Waals surface area contributed by atoms with E-state index in [0.29, 0.717) is 31.9 Å². The minimum absolute atomic E-state index is 0.150. The molecule has 134 valence electrons. The van der Waals surface area contributed by atoms with Crippen molar-refractivity contribution in [3.63, 3.8) is 0 Å². The van der Waals surface area contributed by atoms with Crippen LogP contribution in [0.2, 0.25) is 0 Å². The van der Waals surface area contributed by atoms with Crippen LogP contribution in [0.25, 0.3) is 0 Å². The van der Waals surface area contributed by atoms with Crippen LogP contribution < -0.4 is 5.32 Å². The van der Waals surface area contributed by atoms with Gasteiger partial charge in [-0.05, 0) is 13.8 Å². The molecule has 10 heteroatoms. The van der Waals surface area contributed by atoms with Gasteiger partial charge in [0.2, 0.25) is 11.7 Å². The minimum Gasteiger partial charge on any atom is -0.351 e. The highest BCUT2D eigenvalue weighted by Crippen LogP contribution is 2.14. The third-order valence-corrected chi connectivity index (χ3v) is 3.83. The van der Waals surface area contributed by atoms with Gasteiger partial charge in [0.1, 0.15) is 6.54 Å². The van der Waals surface area contributed by atoms with E-state index >= 15 is 0 Å². The van der Waals surface area contributed by atoms with Gasteiger partial charge < -0.3 is 14.7 Å². The molecule has 24 heavy (non-hydrogen) atoms. The van der Waals surface area contributed by atoms with Gasteiger partial charge in [-0.25, -0.2) is 0 Å². The van der Waals surface area contributed by atoms with Crippen molar-refractivity contribution in [2.24, 2.45) is 0 Å². The number of aryl methyl sites for hydroxylation is 1. The van der Waals surface area contributed by atoms with Gasteiger partial charge in [-0.2, -0.15) is 13.2 Å². The average Bonchev–Trinajstić information content (AvgIpc) is 2.97. The van der Waals surface area contributed by atoms with Crippen molar-refractivity contribution in [3.05, 3.63) is 17.5 Å². The topological polar surface area (TPSA) is 78.7 Å². The zero-order valence-electron chi connectivity index (χ0n) is 13.4. The van der Waals surface area contributed by atoms with E-state index in [4.69, 9.17) is 4.52 Å². The van der Waals surface area contributed by atoms with E-state index in [2.05, 4.69) is 5.16 Å². The van der Waals surface area contributed by atoms with Crippen molar-refractivity contribution in [1.82, 2.24) is 20.3 Å². The highest BCUT2D eigenvalue weighted by atomic mass is 19.4. The zero-order valence-corrected chi connectivity index (χ0v) is 13.4. The van der Waals surface area contributed by atoms with Gasteiger partial charge in [-0.1, -0.05) is 5.16 Å². The molecule has 0 unspecified atom stereocenters. The minimum atomic E-state index is -4.43. The fraction of sp³-hybridized carbons (Fsp3) is 0.643. The Labute approximate surface area is 136 Å². The molecule has 2 rings (SSSR count). The van der Waals surface area contributed by atoms with Gasteiger partial charge in [0.25, 0.3) is 5.91 Å². The number of nitrogens with zero attached hydrogens (tertiary/aromatic N) is 3. The summed E-state index contributed by atoms with van der Waals surface area (Å²) in [6.07, 6.45) is -4.43. The summed E-state index contributed by atoms with van der Waals surface area (Å²) in [5.41, 5.74) is 0.604. The Morgan fingerprint density at radius 3 is 2.46 bits per heavy atom. The summed E-state index contributed by atoms with van der Waals surface area (Å²) in [5.74, 6) is -0.820. The molecule has 1 aliphatic heterocycles. The van der Waals surface area contributed by atoms with Crippen molar-refractivity contribution >= 4 is 11.8 Å². The van der Waals surface area contributed by atoms with Crippen molar-refractivity contribution in [2.75, 3.05) is 32.7 Å². The van der Waals surface area contributed by atoms with E-state index in [1.807, 2.05) is 5.32 Å². The normalized spacial score (nSPS) is 17.6. The first-order chi connectivity index (χ1) is 11.2. The van der Waals surface area contributed by atoms with E-state index in [-0.39, 0.29) is 11.7 Å².